The fourth-order valence-electron chi connectivity index (χ4n) is 1.21. The number of nitrogen functional groups attached to an aromatic ring is 1. The van der Waals surface area contributed by atoms with E-state index in [0.717, 1.165) is 0 Å². The molecule has 0 atom stereocenters. The quantitative estimate of drug-likeness (QED) is 0.848. The van der Waals surface area contributed by atoms with E-state index in [1.165, 1.54) is 38.1 Å². The molecule has 0 fully saturated rings. The van der Waals surface area contributed by atoms with Gasteiger partial charge in [0.1, 0.15) is 10.7 Å². The molecule has 7 heteroatoms. The van der Waals surface area contributed by atoms with Crippen LogP contribution in [0.2, 0.25) is 0 Å². The number of hydrogen-bond donors (Lipinski definition) is 1. The van der Waals surface area contributed by atoms with Gasteiger partial charge in [0.05, 0.1) is 17.6 Å². The lowest BCUT2D eigenvalue weighted by molar-refractivity contribution is -0.116. The summed E-state index contributed by atoms with van der Waals surface area (Å²) in [5.74, 6) is -0.324. The normalized spacial score (nSPS) is 11.2. The molecule has 1 aromatic rings. The molecule has 0 aliphatic carbocycles. The van der Waals surface area contributed by atoms with E-state index in [-0.39, 0.29) is 22.4 Å². The molecule has 17 heavy (non-hydrogen) atoms. The summed E-state index contributed by atoms with van der Waals surface area (Å²) in [6.45, 7) is 2.90. The minimum atomic E-state index is -3.44. The van der Waals surface area contributed by atoms with Crippen LogP contribution < -0.4 is 10.6 Å². The number of rotatable bonds is 3. The van der Waals surface area contributed by atoms with E-state index < -0.39 is 9.84 Å². The third-order valence-corrected chi connectivity index (χ3v) is 4.20. The zero-order chi connectivity index (χ0) is 13.2. The van der Waals surface area contributed by atoms with E-state index in [1.54, 1.807) is 0 Å². The largest absolute Gasteiger partial charge is 0.383 e. The highest BCUT2D eigenvalue weighted by molar-refractivity contribution is 7.91. The van der Waals surface area contributed by atoms with Crippen LogP contribution in [0.25, 0.3) is 0 Å². The summed E-state index contributed by atoms with van der Waals surface area (Å²) in [5, 5.41) is 0. The number of sulfone groups is 1. The fraction of sp³-hybridized carbons (Fsp3) is 0.400. The van der Waals surface area contributed by atoms with Gasteiger partial charge in [0.2, 0.25) is 5.91 Å². The van der Waals surface area contributed by atoms with Gasteiger partial charge in [-0.3, -0.25) is 4.79 Å². The van der Waals surface area contributed by atoms with E-state index >= 15 is 0 Å². The van der Waals surface area contributed by atoms with Crippen molar-refractivity contribution in [3.05, 3.63) is 12.3 Å². The fourth-order valence-corrected chi connectivity index (χ4v) is 2.20. The molecule has 1 aromatic heterocycles. The molecule has 2 N–H and O–H groups in total. The van der Waals surface area contributed by atoms with Crippen molar-refractivity contribution in [3.63, 3.8) is 0 Å². The molecule has 0 radical (unpaired) electrons. The van der Waals surface area contributed by atoms with Crippen LogP contribution in [0.4, 0.5) is 11.5 Å². The minimum Gasteiger partial charge on any atom is -0.383 e. The van der Waals surface area contributed by atoms with Gasteiger partial charge >= 0.3 is 0 Å². The maximum Gasteiger partial charge on any atom is 0.223 e. The number of nitrogens with two attached hydrogens (primary N) is 1. The Morgan fingerprint density at radius 3 is 2.59 bits per heavy atom. The molecule has 1 amide bonds. The summed E-state index contributed by atoms with van der Waals surface area (Å²) in [6, 6.07) is 1.36. The Labute approximate surface area is 100 Å². The lowest BCUT2D eigenvalue weighted by atomic mass is 10.3. The Balaban J connectivity index is 3.35. The second-order valence-corrected chi connectivity index (χ2v) is 5.81. The average Bonchev–Trinajstić information content (AvgIpc) is 2.28. The molecule has 0 saturated heterocycles. The van der Waals surface area contributed by atoms with Gasteiger partial charge in [-0.2, -0.15) is 0 Å². The van der Waals surface area contributed by atoms with Gasteiger partial charge in [0, 0.05) is 14.0 Å². The maximum absolute atomic E-state index is 11.7. The van der Waals surface area contributed by atoms with Crippen molar-refractivity contribution in [3.8, 4) is 0 Å². The molecule has 6 nitrogen and oxygen atoms in total. The second kappa shape index (κ2) is 4.70. The molecule has 0 aliphatic rings. The molecule has 1 rings (SSSR count). The number of anilines is 2. The Kier molecular flexibility index (Phi) is 3.72. The summed E-state index contributed by atoms with van der Waals surface area (Å²) in [5.41, 5.74) is 5.94. The average molecular weight is 257 g/mol. The van der Waals surface area contributed by atoms with Crippen LogP contribution in [0.3, 0.4) is 0 Å². The van der Waals surface area contributed by atoms with Crippen molar-refractivity contribution in [2.75, 3.05) is 23.4 Å². The highest BCUT2D eigenvalue weighted by Crippen LogP contribution is 2.23. The highest BCUT2D eigenvalue weighted by Gasteiger charge is 2.18. The standard InChI is InChI=1S/C10H15N3O3S/c1-4-17(15,16)9-5-8(6-12-10(9)11)13(3)7(2)14/h5-6H,4H2,1-3H3,(H2,11,12). The molecule has 0 saturated carbocycles. The van der Waals surface area contributed by atoms with Crippen LogP contribution in [0.1, 0.15) is 13.8 Å². The van der Waals surface area contributed by atoms with Crippen LogP contribution in [0.5, 0.6) is 0 Å². The SMILES string of the molecule is CCS(=O)(=O)c1cc(N(C)C(C)=O)cnc1N. The smallest absolute Gasteiger partial charge is 0.223 e. The first-order valence-corrected chi connectivity index (χ1v) is 6.67. The number of carbonyl (C=O) groups is 1. The first-order valence-electron chi connectivity index (χ1n) is 5.02. The van der Waals surface area contributed by atoms with E-state index in [4.69, 9.17) is 5.73 Å². The van der Waals surface area contributed by atoms with Gasteiger partial charge in [-0.05, 0) is 6.07 Å². The van der Waals surface area contributed by atoms with Gasteiger partial charge in [0.15, 0.2) is 9.84 Å². The summed E-state index contributed by atoms with van der Waals surface area (Å²) >= 11 is 0. The predicted octanol–water partition coefficient (Wildman–Crippen LogP) is 0.440. The molecular weight excluding hydrogens is 242 g/mol. The molecule has 0 unspecified atom stereocenters. The lowest BCUT2D eigenvalue weighted by Gasteiger charge is -2.16. The lowest BCUT2D eigenvalue weighted by Crippen LogP contribution is -2.23. The molecular formula is C10H15N3O3S. The number of amides is 1. The number of pyridine rings is 1. The number of carbonyl (C=O) groups excluding carboxylic acids is 1. The van der Waals surface area contributed by atoms with Crippen molar-refractivity contribution >= 4 is 27.2 Å². The maximum atomic E-state index is 11.7. The second-order valence-electron chi connectivity index (χ2n) is 3.56. The van der Waals surface area contributed by atoms with Crippen molar-refractivity contribution in [2.24, 2.45) is 0 Å². The summed E-state index contributed by atoms with van der Waals surface area (Å²) in [6.07, 6.45) is 1.37. The third kappa shape index (κ3) is 2.73. The molecule has 94 valence electrons. The van der Waals surface area contributed by atoms with E-state index in [9.17, 15) is 13.2 Å². The molecule has 0 aromatic carbocycles. The highest BCUT2D eigenvalue weighted by atomic mass is 32.2. The zero-order valence-corrected chi connectivity index (χ0v) is 10.8. The van der Waals surface area contributed by atoms with Crippen LogP contribution in [-0.2, 0) is 14.6 Å². The number of nitrogens with zero attached hydrogens (tertiary/aromatic N) is 2. The van der Waals surface area contributed by atoms with E-state index in [0.29, 0.717) is 5.69 Å². The molecule has 0 bridgehead atoms. The number of aromatic nitrogens is 1. The first kappa shape index (κ1) is 13.4. The van der Waals surface area contributed by atoms with E-state index in [2.05, 4.69) is 4.98 Å². The topological polar surface area (TPSA) is 93.4 Å². The van der Waals surface area contributed by atoms with Crippen molar-refractivity contribution in [1.29, 1.82) is 0 Å². The van der Waals surface area contributed by atoms with Crippen LogP contribution in [0, 0.1) is 0 Å². The monoisotopic (exact) mass is 257 g/mol. The third-order valence-electron chi connectivity index (χ3n) is 2.44. The van der Waals surface area contributed by atoms with Gasteiger partial charge in [-0.15, -0.1) is 0 Å². The first-order chi connectivity index (χ1) is 7.79. The Bertz CT molecular complexity index is 540. The van der Waals surface area contributed by atoms with Gasteiger partial charge < -0.3 is 10.6 Å². The van der Waals surface area contributed by atoms with Crippen LogP contribution >= 0.6 is 0 Å². The molecule has 0 aliphatic heterocycles. The Morgan fingerprint density at radius 2 is 2.12 bits per heavy atom. The summed E-state index contributed by atoms with van der Waals surface area (Å²) < 4.78 is 23.5. The van der Waals surface area contributed by atoms with Crippen molar-refractivity contribution < 1.29 is 13.2 Å². The van der Waals surface area contributed by atoms with Crippen molar-refractivity contribution in [1.82, 2.24) is 4.98 Å². The predicted molar refractivity (Wildman–Crippen MR) is 65.5 cm³/mol. The number of hydrogen-bond acceptors (Lipinski definition) is 5. The summed E-state index contributed by atoms with van der Waals surface area (Å²) in [7, 11) is -1.90. The molecule has 1 heterocycles. The van der Waals surface area contributed by atoms with Gasteiger partial charge in [-0.25, -0.2) is 13.4 Å². The zero-order valence-electron chi connectivity index (χ0n) is 9.97. The van der Waals surface area contributed by atoms with E-state index in [1.807, 2.05) is 0 Å². The van der Waals surface area contributed by atoms with Crippen molar-refractivity contribution in [2.45, 2.75) is 18.7 Å². The van der Waals surface area contributed by atoms with Gasteiger partial charge in [0.25, 0.3) is 0 Å². The van der Waals surface area contributed by atoms with Gasteiger partial charge in [-0.1, -0.05) is 6.92 Å². The molecule has 0 spiro atoms. The Morgan fingerprint density at radius 1 is 1.53 bits per heavy atom. The van der Waals surface area contributed by atoms with Crippen LogP contribution in [-0.4, -0.2) is 32.1 Å². The Hall–Kier alpha value is -1.63. The van der Waals surface area contributed by atoms with Crippen LogP contribution in [0.15, 0.2) is 17.2 Å². The summed E-state index contributed by atoms with van der Waals surface area (Å²) in [4.78, 5) is 16.2. The minimum absolute atomic E-state index is 0.0365.